The van der Waals surface area contributed by atoms with Gasteiger partial charge in [0.2, 0.25) is 15.9 Å². The quantitative estimate of drug-likeness (QED) is 0.757. The first-order valence-corrected chi connectivity index (χ1v) is 10.8. The monoisotopic (exact) mass is 416 g/mol. The van der Waals surface area contributed by atoms with Gasteiger partial charge in [0, 0.05) is 18.8 Å². The van der Waals surface area contributed by atoms with Crippen LogP contribution in [0.5, 0.6) is 0 Å². The average molecular weight is 416 g/mol. The van der Waals surface area contributed by atoms with Crippen molar-refractivity contribution < 1.29 is 22.7 Å². The number of nitrogens with zero attached hydrogens (tertiary/aromatic N) is 1. The van der Waals surface area contributed by atoms with Crippen LogP contribution in [0.2, 0.25) is 0 Å². The van der Waals surface area contributed by atoms with Crippen LogP contribution in [0.15, 0.2) is 53.4 Å². The zero-order chi connectivity index (χ0) is 21.0. The van der Waals surface area contributed by atoms with Crippen molar-refractivity contribution in [3.05, 3.63) is 59.7 Å². The van der Waals surface area contributed by atoms with Gasteiger partial charge in [0.25, 0.3) is 0 Å². The summed E-state index contributed by atoms with van der Waals surface area (Å²) >= 11 is 0. The normalized spacial score (nSPS) is 17.5. The standard InChI is InChI=1S/C21H24N2O5S/c1-15-5-11-19(12-6-15)29(26,27)23-13-3-4-17(14-23)20(24)22-18-9-7-16(8-10-18)21(25)28-2/h5-12,17H,3-4,13-14H2,1-2H3,(H,22,24)/t17-/m1/s1. The molecule has 0 bridgehead atoms. The Hall–Kier alpha value is -2.71. The number of piperidine rings is 1. The second-order valence-electron chi connectivity index (χ2n) is 7.07. The third-order valence-corrected chi connectivity index (χ3v) is 6.87. The minimum absolute atomic E-state index is 0.141. The maximum atomic E-state index is 12.9. The molecule has 0 radical (unpaired) electrons. The van der Waals surface area contributed by atoms with E-state index < -0.39 is 21.9 Å². The Kier molecular flexibility index (Phi) is 6.34. The van der Waals surface area contributed by atoms with Gasteiger partial charge in [0.15, 0.2) is 0 Å². The second-order valence-corrected chi connectivity index (χ2v) is 9.01. The van der Waals surface area contributed by atoms with Gasteiger partial charge in [0.1, 0.15) is 0 Å². The molecule has 29 heavy (non-hydrogen) atoms. The number of anilines is 1. The fourth-order valence-corrected chi connectivity index (χ4v) is 4.81. The number of carbonyl (C=O) groups excluding carboxylic acids is 2. The van der Waals surface area contributed by atoms with E-state index in [-0.39, 0.29) is 17.3 Å². The predicted octanol–water partition coefficient (Wildman–Crippen LogP) is 2.82. The lowest BCUT2D eigenvalue weighted by molar-refractivity contribution is -0.120. The highest BCUT2D eigenvalue weighted by atomic mass is 32.2. The van der Waals surface area contributed by atoms with Crippen LogP contribution < -0.4 is 5.32 Å². The molecule has 1 N–H and O–H groups in total. The van der Waals surface area contributed by atoms with Crippen LogP contribution in [0, 0.1) is 12.8 Å². The minimum Gasteiger partial charge on any atom is -0.465 e. The Morgan fingerprint density at radius 3 is 2.34 bits per heavy atom. The minimum atomic E-state index is -3.63. The summed E-state index contributed by atoms with van der Waals surface area (Å²) in [6.45, 7) is 2.44. The molecule has 1 aliphatic rings. The Bertz CT molecular complexity index is 985. The van der Waals surface area contributed by atoms with Gasteiger partial charge in [-0.15, -0.1) is 0 Å². The van der Waals surface area contributed by atoms with Gasteiger partial charge >= 0.3 is 5.97 Å². The number of sulfonamides is 1. The summed E-state index contributed by atoms with van der Waals surface area (Å²) in [5.74, 6) is -1.13. The van der Waals surface area contributed by atoms with Crippen LogP contribution in [0.25, 0.3) is 0 Å². The topological polar surface area (TPSA) is 92.8 Å². The van der Waals surface area contributed by atoms with Gasteiger partial charge in [-0.3, -0.25) is 4.79 Å². The summed E-state index contributed by atoms with van der Waals surface area (Å²) in [5.41, 5.74) is 1.91. The van der Waals surface area contributed by atoms with Crippen LogP contribution >= 0.6 is 0 Å². The molecular weight excluding hydrogens is 392 g/mol. The fraction of sp³-hybridized carbons (Fsp3) is 0.333. The lowest BCUT2D eigenvalue weighted by Crippen LogP contribution is -2.43. The SMILES string of the molecule is COC(=O)c1ccc(NC(=O)[C@@H]2CCCN(S(=O)(=O)c3ccc(C)cc3)C2)cc1. The van der Waals surface area contributed by atoms with Gasteiger partial charge < -0.3 is 10.1 Å². The fourth-order valence-electron chi connectivity index (χ4n) is 3.29. The Balaban J connectivity index is 1.67. The Labute approximate surface area is 170 Å². The number of hydrogen-bond donors (Lipinski definition) is 1. The molecule has 0 unspecified atom stereocenters. The van der Waals surface area contributed by atoms with E-state index in [1.165, 1.54) is 11.4 Å². The molecule has 1 amide bonds. The molecule has 1 aliphatic heterocycles. The summed E-state index contributed by atoms with van der Waals surface area (Å²) in [5, 5.41) is 2.80. The molecule has 0 aromatic heterocycles. The zero-order valence-electron chi connectivity index (χ0n) is 16.4. The number of aryl methyl sites for hydroxylation is 1. The van der Waals surface area contributed by atoms with E-state index in [0.717, 1.165) is 5.56 Å². The molecule has 1 fully saturated rings. The molecule has 7 nitrogen and oxygen atoms in total. The summed E-state index contributed by atoms with van der Waals surface area (Å²) < 4.78 is 31.8. The van der Waals surface area contributed by atoms with E-state index in [4.69, 9.17) is 0 Å². The summed E-state index contributed by atoms with van der Waals surface area (Å²) in [6.07, 6.45) is 1.23. The molecule has 1 saturated heterocycles. The number of esters is 1. The smallest absolute Gasteiger partial charge is 0.337 e. The highest BCUT2D eigenvalue weighted by molar-refractivity contribution is 7.89. The molecule has 3 rings (SSSR count). The van der Waals surface area contributed by atoms with Crippen LogP contribution in [-0.2, 0) is 19.6 Å². The Morgan fingerprint density at radius 2 is 1.72 bits per heavy atom. The van der Waals surface area contributed by atoms with Crippen molar-refractivity contribution in [2.75, 3.05) is 25.5 Å². The number of ether oxygens (including phenoxy) is 1. The maximum Gasteiger partial charge on any atom is 0.337 e. The van der Waals surface area contributed by atoms with E-state index in [0.29, 0.717) is 30.6 Å². The van der Waals surface area contributed by atoms with Crippen molar-refractivity contribution >= 4 is 27.6 Å². The number of amides is 1. The number of methoxy groups -OCH3 is 1. The van der Waals surface area contributed by atoms with Crippen LogP contribution in [0.3, 0.4) is 0 Å². The molecule has 2 aromatic carbocycles. The van der Waals surface area contributed by atoms with E-state index in [1.807, 2.05) is 6.92 Å². The highest BCUT2D eigenvalue weighted by Gasteiger charge is 2.33. The molecule has 0 saturated carbocycles. The van der Waals surface area contributed by atoms with E-state index in [9.17, 15) is 18.0 Å². The predicted molar refractivity (Wildman–Crippen MR) is 109 cm³/mol. The van der Waals surface area contributed by atoms with Gasteiger partial charge in [-0.05, 0) is 56.2 Å². The van der Waals surface area contributed by atoms with Gasteiger partial charge in [-0.25, -0.2) is 13.2 Å². The number of hydrogen-bond acceptors (Lipinski definition) is 5. The van der Waals surface area contributed by atoms with Crippen molar-refractivity contribution in [1.29, 1.82) is 0 Å². The first-order chi connectivity index (χ1) is 13.8. The number of benzene rings is 2. The molecule has 154 valence electrons. The zero-order valence-corrected chi connectivity index (χ0v) is 17.2. The van der Waals surface area contributed by atoms with Gasteiger partial charge in [-0.1, -0.05) is 17.7 Å². The molecule has 1 atom stereocenters. The van der Waals surface area contributed by atoms with Crippen molar-refractivity contribution in [2.45, 2.75) is 24.7 Å². The summed E-state index contributed by atoms with van der Waals surface area (Å²) in [6, 6.07) is 13.1. The first-order valence-electron chi connectivity index (χ1n) is 9.37. The largest absolute Gasteiger partial charge is 0.465 e. The maximum absolute atomic E-state index is 12.9. The van der Waals surface area contributed by atoms with Gasteiger partial charge in [0.05, 0.1) is 23.5 Å². The third kappa shape index (κ3) is 4.83. The number of nitrogens with one attached hydrogen (secondary N) is 1. The average Bonchev–Trinajstić information content (AvgIpc) is 2.74. The molecule has 0 spiro atoms. The van der Waals surface area contributed by atoms with Crippen LogP contribution in [-0.4, -0.2) is 44.8 Å². The van der Waals surface area contributed by atoms with Crippen molar-refractivity contribution in [1.82, 2.24) is 4.31 Å². The number of carbonyl (C=O) groups is 2. The van der Waals surface area contributed by atoms with Crippen molar-refractivity contribution in [3.8, 4) is 0 Å². The Morgan fingerprint density at radius 1 is 1.07 bits per heavy atom. The van der Waals surface area contributed by atoms with E-state index in [1.54, 1.807) is 48.5 Å². The lowest BCUT2D eigenvalue weighted by Gasteiger charge is -2.31. The van der Waals surface area contributed by atoms with Crippen LogP contribution in [0.1, 0.15) is 28.8 Å². The molecule has 0 aliphatic carbocycles. The summed E-state index contributed by atoms with van der Waals surface area (Å²) in [7, 11) is -2.33. The molecule has 2 aromatic rings. The number of rotatable bonds is 5. The third-order valence-electron chi connectivity index (χ3n) is 4.99. The van der Waals surface area contributed by atoms with E-state index >= 15 is 0 Å². The van der Waals surface area contributed by atoms with Gasteiger partial charge in [-0.2, -0.15) is 4.31 Å². The van der Waals surface area contributed by atoms with E-state index in [2.05, 4.69) is 10.1 Å². The molecule has 8 heteroatoms. The first kappa shape index (κ1) is 21.0. The highest BCUT2D eigenvalue weighted by Crippen LogP contribution is 2.25. The molecular formula is C21H24N2O5S. The van der Waals surface area contributed by atoms with Crippen molar-refractivity contribution in [3.63, 3.8) is 0 Å². The lowest BCUT2D eigenvalue weighted by atomic mass is 9.98. The van der Waals surface area contributed by atoms with Crippen molar-refractivity contribution in [2.24, 2.45) is 5.92 Å². The molecule has 1 heterocycles. The van der Waals surface area contributed by atoms with Crippen LogP contribution in [0.4, 0.5) is 5.69 Å². The second kappa shape index (κ2) is 8.75. The summed E-state index contributed by atoms with van der Waals surface area (Å²) in [4.78, 5) is 24.4.